The van der Waals surface area contributed by atoms with Crippen LogP contribution in [0.25, 0.3) is 0 Å². The highest BCUT2D eigenvalue weighted by atomic mass is 79.9. The maximum atomic E-state index is 9.64. The van der Waals surface area contributed by atoms with E-state index in [0.29, 0.717) is 11.8 Å². The molecule has 2 rings (SSSR count). The predicted octanol–water partition coefficient (Wildman–Crippen LogP) is 3.07. The van der Waals surface area contributed by atoms with Gasteiger partial charge in [0.25, 0.3) is 0 Å². The van der Waals surface area contributed by atoms with Crippen molar-refractivity contribution in [3.05, 3.63) is 28.2 Å². The first-order valence-electron chi connectivity index (χ1n) is 7.00. The van der Waals surface area contributed by atoms with E-state index in [1.165, 1.54) is 24.9 Å². The average Bonchev–Trinajstić information content (AvgIpc) is 2.55. The van der Waals surface area contributed by atoms with Crippen LogP contribution in [-0.4, -0.2) is 47.6 Å². The number of hydrogen-bond acceptors (Lipinski definition) is 3. The fourth-order valence-electron chi connectivity index (χ4n) is 2.79. The third kappa shape index (κ3) is 3.94. The molecule has 4 heteroatoms. The summed E-state index contributed by atoms with van der Waals surface area (Å²) in [6.45, 7) is 6.60. The van der Waals surface area contributed by atoms with Crippen molar-refractivity contribution in [3.8, 4) is 5.75 Å². The van der Waals surface area contributed by atoms with Crippen LogP contribution in [0.3, 0.4) is 0 Å². The summed E-state index contributed by atoms with van der Waals surface area (Å²) in [6.07, 6.45) is 2.38. The molecule has 1 N–H and O–H groups in total. The first-order chi connectivity index (χ1) is 9.10. The Morgan fingerprint density at radius 2 is 2.16 bits per heavy atom. The van der Waals surface area contributed by atoms with E-state index in [1.807, 2.05) is 12.1 Å². The summed E-state index contributed by atoms with van der Waals surface area (Å²) < 4.78 is 1.08. The van der Waals surface area contributed by atoms with Gasteiger partial charge in [0, 0.05) is 30.1 Å². The molecule has 0 bridgehead atoms. The van der Waals surface area contributed by atoms with Gasteiger partial charge in [-0.05, 0) is 50.2 Å². The molecule has 1 unspecified atom stereocenters. The van der Waals surface area contributed by atoms with Crippen LogP contribution in [0.4, 0.5) is 0 Å². The van der Waals surface area contributed by atoms with E-state index in [-0.39, 0.29) is 0 Å². The Morgan fingerprint density at radius 3 is 2.89 bits per heavy atom. The normalized spacial score (nSPS) is 22.4. The summed E-state index contributed by atoms with van der Waals surface area (Å²) in [6, 6.07) is 6.11. The second kappa shape index (κ2) is 6.73. The zero-order valence-corrected chi connectivity index (χ0v) is 13.4. The van der Waals surface area contributed by atoms with Gasteiger partial charge in [0.1, 0.15) is 5.75 Å². The molecule has 0 aromatic heterocycles. The molecular weight excluding hydrogens is 304 g/mol. The molecule has 1 aromatic rings. The molecule has 0 saturated carbocycles. The Bertz CT molecular complexity index is 425. The first-order valence-corrected chi connectivity index (χ1v) is 7.79. The predicted molar refractivity (Wildman–Crippen MR) is 82.4 cm³/mol. The summed E-state index contributed by atoms with van der Waals surface area (Å²) in [4.78, 5) is 4.97. The van der Waals surface area contributed by atoms with Crippen molar-refractivity contribution in [3.63, 3.8) is 0 Å². The SMILES string of the molecule is CCC1CN(C)CCCN1Cc1cc(O)ccc1Br. The van der Waals surface area contributed by atoms with Crippen LogP contribution in [0.15, 0.2) is 22.7 Å². The van der Waals surface area contributed by atoms with Crippen molar-refractivity contribution < 1.29 is 5.11 Å². The third-order valence-electron chi connectivity index (χ3n) is 3.90. The van der Waals surface area contributed by atoms with Gasteiger partial charge in [-0.3, -0.25) is 4.90 Å². The molecule has 1 heterocycles. The van der Waals surface area contributed by atoms with Crippen LogP contribution in [0.5, 0.6) is 5.75 Å². The summed E-state index contributed by atoms with van der Waals surface area (Å²) in [5.74, 6) is 0.346. The standard InChI is InChI=1S/C15H23BrN2O/c1-3-13-11-17(2)7-4-8-18(13)10-12-9-14(19)5-6-15(12)16/h5-6,9,13,19H,3-4,7-8,10-11H2,1-2H3. The zero-order chi connectivity index (χ0) is 13.8. The fourth-order valence-corrected chi connectivity index (χ4v) is 3.16. The van der Waals surface area contributed by atoms with Gasteiger partial charge in [-0.25, -0.2) is 0 Å². The van der Waals surface area contributed by atoms with Crippen LogP contribution >= 0.6 is 15.9 Å². The molecule has 19 heavy (non-hydrogen) atoms. The van der Waals surface area contributed by atoms with Crippen molar-refractivity contribution in [2.45, 2.75) is 32.4 Å². The Morgan fingerprint density at radius 1 is 1.37 bits per heavy atom. The maximum Gasteiger partial charge on any atom is 0.115 e. The summed E-state index contributed by atoms with van der Waals surface area (Å²) >= 11 is 3.58. The molecule has 3 nitrogen and oxygen atoms in total. The minimum atomic E-state index is 0.346. The minimum Gasteiger partial charge on any atom is -0.508 e. The van der Waals surface area contributed by atoms with E-state index >= 15 is 0 Å². The molecule has 0 radical (unpaired) electrons. The summed E-state index contributed by atoms with van der Waals surface area (Å²) in [5, 5.41) is 9.64. The number of likely N-dealkylation sites (N-methyl/N-ethyl adjacent to an activating group) is 1. The Kier molecular flexibility index (Phi) is 5.25. The molecule has 1 fully saturated rings. The number of nitrogens with zero attached hydrogens (tertiary/aromatic N) is 2. The van der Waals surface area contributed by atoms with E-state index in [0.717, 1.165) is 24.1 Å². The molecule has 0 amide bonds. The van der Waals surface area contributed by atoms with Crippen molar-refractivity contribution in [2.24, 2.45) is 0 Å². The van der Waals surface area contributed by atoms with Gasteiger partial charge in [-0.15, -0.1) is 0 Å². The summed E-state index contributed by atoms with van der Waals surface area (Å²) in [7, 11) is 2.20. The van der Waals surface area contributed by atoms with Crippen molar-refractivity contribution in [2.75, 3.05) is 26.7 Å². The number of phenols is 1. The number of hydrogen-bond donors (Lipinski definition) is 1. The topological polar surface area (TPSA) is 26.7 Å². The Balaban J connectivity index is 2.13. The van der Waals surface area contributed by atoms with E-state index in [4.69, 9.17) is 0 Å². The highest BCUT2D eigenvalue weighted by molar-refractivity contribution is 9.10. The van der Waals surface area contributed by atoms with Gasteiger partial charge in [-0.2, -0.15) is 0 Å². The molecule has 0 spiro atoms. The summed E-state index contributed by atoms with van der Waals surface area (Å²) in [5.41, 5.74) is 1.17. The second-order valence-corrected chi connectivity index (χ2v) is 6.28. The van der Waals surface area contributed by atoms with Gasteiger partial charge in [0.15, 0.2) is 0 Å². The molecule has 1 aliphatic heterocycles. The quantitative estimate of drug-likeness (QED) is 0.924. The van der Waals surface area contributed by atoms with Crippen LogP contribution in [0, 0.1) is 0 Å². The molecule has 1 aromatic carbocycles. The molecule has 106 valence electrons. The monoisotopic (exact) mass is 326 g/mol. The fraction of sp³-hybridized carbons (Fsp3) is 0.600. The van der Waals surface area contributed by atoms with Gasteiger partial charge in [0.2, 0.25) is 0 Å². The first kappa shape index (κ1) is 14.8. The lowest BCUT2D eigenvalue weighted by atomic mass is 10.1. The molecule has 1 atom stereocenters. The lowest BCUT2D eigenvalue weighted by Gasteiger charge is -2.30. The van der Waals surface area contributed by atoms with E-state index in [1.54, 1.807) is 6.07 Å². The van der Waals surface area contributed by atoms with Gasteiger partial charge in [-0.1, -0.05) is 22.9 Å². The van der Waals surface area contributed by atoms with Crippen LogP contribution < -0.4 is 0 Å². The average molecular weight is 327 g/mol. The van der Waals surface area contributed by atoms with Crippen LogP contribution in [0.1, 0.15) is 25.3 Å². The lowest BCUT2D eigenvalue weighted by molar-refractivity contribution is 0.175. The second-order valence-electron chi connectivity index (χ2n) is 5.42. The van der Waals surface area contributed by atoms with Crippen molar-refractivity contribution in [1.29, 1.82) is 0 Å². The molecule has 1 saturated heterocycles. The van der Waals surface area contributed by atoms with Crippen molar-refractivity contribution in [1.82, 2.24) is 9.80 Å². The maximum absolute atomic E-state index is 9.64. The smallest absolute Gasteiger partial charge is 0.115 e. The number of phenolic OH excluding ortho intramolecular Hbond substituents is 1. The minimum absolute atomic E-state index is 0.346. The molecule has 1 aliphatic rings. The van der Waals surface area contributed by atoms with Crippen molar-refractivity contribution >= 4 is 15.9 Å². The molecule has 0 aliphatic carbocycles. The van der Waals surface area contributed by atoms with Gasteiger partial charge < -0.3 is 10.0 Å². The molecular formula is C15H23BrN2O. The van der Waals surface area contributed by atoms with Crippen LogP contribution in [0.2, 0.25) is 0 Å². The van der Waals surface area contributed by atoms with E-state index in [2.05, 4.69) is 39.7 Å². The Hall–Kier alpha value is -0.580. The van der Waals surface area contributed by atoms with Gasteiger partial charge in [0.05, 0.1) is 0 Å². The van der Waals surface area contributed by atoms with E-state index in [9.17, 15) is 5.11 Å². The number of benzene rings is 1. The largest absolute Gasteiger partial charge is 0.508 e. The number of rotatable bonds is 3. The highest BCUT2D eigenvalue weighted by Gasteiger charge is 2.22. The number of halogens is 1. The Labute approximate surface area is 124 Å². The zero-order valence-electron chi connectivity index (χ0n) is 11.8. The number of aromatic hydroxyl groups is 1. The third-order valence-corrected chi connectivity index (χ3v) is 4.67. The lowest BCUT2D eigenvalue weighted by Crippen LogP contribution is -2.39. The van der Waals surface area contributed by atoms with Gasteiger partial charge >= 0.3 is 0 Å². The highest BCUT2D eigenvalue weighted by Crippen LogP contribution is 2.25. The van der Waals surface area contributed by atoms with Crippen LogP contribution in [-0.2, 0) is 6.54 Å². The van der Waals surface area contributed by atoms with E-state index < -0.39 is 0 Å².